The second-order valence-corrected chi connectivity index (χ2v) is 9.60. The van der Waals surface area contributed by atoms with Gasteiger partial charge in [0.25, 0.3) is 11.8 Å². The summed E-state index contributed by atoms with van der Waals surface area (Å²) in [5, 5.41) is 1.48. The van der Waals surface area contributed by atoms with Gasteiger partial charge in [-0.25, -0.2) is 5.01 Å². The highest BCUT2D eigenvalue weighted by molar-refractivity contribution is 5.95. The van der Waals surface area contributed by atoms with E-state index in [1.165, 1.54) is 10.6 Å². The van der Waals surface area contributed by atoms with Crippen LogP contribution in [0.2, 0.25) is 0 Å². The van der Waals surface area contributed by atoms with Gasteiger partial charge in [-0.3, -0.25) is 15.0 Å². The number of amides is 2. The molecule has 2 aliphatic rings. The summed E-state index contributed by atoms with van der Waals surface area (Å²) in [7, 11) is 0. The molecule has 0 radical (unpaired) electrons. The molecule has 0 fully saturated rings. The van der Waals surface area contributed by atoms with Gasteiger partial charge in [-0.05, 0) is 66.4 Å². The molecular formula is C29H35N3O2. The molecular weight excluding hydrogens is 422 g/mol. The monoisotopic (exact) mass is 457 g/mol. The molecule has 1 aliphatic heterocycles. The minimum absolute atomic E-state index is 0.0246. The summed E-state index contributed by atoms with van der Waals surface area (Å²) < 4.78 is 0. The van der Waals surface area contributed by atoms with Crippen LogP contribution in [0.4, 0.5) is 0 Å². The summed E-state index contributed by atoms with van der Waals surface area (Å²) in [5.74, 6) is -0.763. The lowest BCUT2D eigenvalue weighted by atomic mass is 9.85. The number of hydrogen-bond acceptors (Lipinski definition) is 3. The first-order valence-corrected chi connectivity index (χ1v) is 12.4. The molecule has 34 heavy (non-hydrogen) atoms. The van der Waals surface area contributed by atoms with E-state index in [1.54, 1.807) is 0 Å². The van der Waals surface area contributed by atoms with E-state index < -0.39 is 6.04 Å². The van der Waals surface area contributed by atoms with Crippen LogP contribution >= 0.6 is 0 Å². The zero-order valence-electron chi connectivity index (χ0n) is 20.2. The second-order valence-electron chi connectivity index (χ2n) is 9.60. The lowest BCUT2D eigenvalue weighted by molar-refractivity contribution is -0.140. The summed E-state index contributed by atoms with van der Waals surface area (Å²) in [6, 6.07) is 18.0. The number of nitrogens with one attached hydrogen (secondary N) is 1. The Morgan fingerprint density at radius 3 is 2.59 bits per heavy atom. The van der Waals surface area contributed by atoms with Crippen molar-refractivity contribution in [3.05, 3.63) is 89.1 Å². The Kier molecular flexibility index (Phi) is 7.63. The van der Waals surface area contributed by atoms with E-state index in [-0.39, 0.29) is 23.7 Å². The Balaban J connectivity index is 1.61. The topological polar surface area (TPSA) is 75.4 Å². The Labute approximate surface area is 202 Å². The zero-order valence-corrected chi connectivity index (χ0v) is 20.2. The smallest absolute Gasteiger partial charge is 0.256 e. The van der Waals surface area contributed by atoms with E-state index >= 15 is 0 Å². The predicted molar refractivity (Wildman–Crippen MR) is 136 cm³/mol. The Bertz CT molecular complexity index is 1090. The van der Waals surface area contributed by atoms with Crippen molar-refractivity contribution in [2.75, 3.05) is 0 Å². The predicted octanol–water partition coefficient (Wildman–Crippen LogP) is 5.10. The van der Waals surface area contributed by atoms with Gasteiger partial charge in [0, 0.05) is 0 Å². The van der Waals surface area contributed by atoms with Gasteiger partial charge in [-0.15, -0.1) is 0 Å². The van der Waals surface area contributed by atoms with Crippen LogP contribution < -0.4 is 11.2 Å². The third-order valence-electron chi connectivity index (χ3n) is 6.86. The van der Waals surface area contributed by atoms with Crippen molar-refractivity contribution in [2.24, 2.45) is 11.7 Å². The number of nitrogens with zero attached hydrogens (tertiary/aromatic N) is 1. The highest BCUT2D eigenvalue weighted by Crippen LogP contribution is 2.40. The van der Waals surface area contributed by atoms with Crippen LogP contribution in [0.1, 0.15) is 68.6 Å². The quantitative estimate of drug-likeness (QED) is 0.542. The molecule has 2 aromatic carbocycles. The fraction of sp³-hybridized carbons (Fsp3) is 0.379. The van der Waals surface area contributed by atoms with Crippen molar-refractivity contribution >= 4 is 17.4 Å². The Morgan fingerprint density at radius 1 is 1.09 bits per heavy atom. The fourth-order valence-electron chi connectivity index (χ4n) is 4.82. The third-order valence-corrected chi connectivity index (χ3v) is 6.86. The summed E-state index contributed by atoms with van der Waals surface area (Å²) in [5.41, 5.74) is 14.4. The minimum atomic E-state index is -0.681. The normalized spacial score (nSPS) is 18.4. The molecule has 2 amide bonds. The Morgan fingerprint density at radius 2 is 1.82 bits per heavy atom. The molecule has 5 nitrogen and oxygen atoms in total. The average molecular weight is 458 g/mol. The first-order valence-electron chi connectivity index (χ1n) is 12.4. The minimum Gasteiger partial charge on any atom is -0.320 e. The number of carbonyl (C=O) groups is 2. The van der Waals surface area contributed by atoms with Crippen molar-refractivity contribution in [3.63, 3.8) is 0 Å². The van der Waals surface area contributed by atoms with Crippen LogP contribution in [0.15, 0.2) is 72.4 Å². The summed E-state index contributed by atoms with van der Waals surface area (Å²) in [4.78, 5) is 26.9. The molecule has 1 heterocycles. The van der Waals surface area contributed by atoms with Crippen LogP contribution in [-0.4, -0.2) is 22.9 Å². The van der Waals surface area contributed by atoms with E-state index in [2.05, 4.69) is 47.9 Å². The number of allylic oxidation sites excluding steroid dienone is 3. The van der Waals surface area contributed by atoms with Crippen molar-refractivity contribution in [1.82, 2.24) is 10.4 Å². The first-order chi connectivity index (χ1) is 16.5. The standard InChI is InChI=1S/C29H35N3O2/c1-20(2)27(30)28(33)31-32-26-19-11-10-17-24(26)22-15-8-9-16-23(22)25(29(32)34)18-7-6-14-21-12-4-3-5-13-21/h3-5,8-9,11-13,15-16,19-20,25,27H,6-7,10,14,17-18,30H2,1-2H3,(H,31,33)/t25?,27-/m0/s1. The molecule has 2 aromatic rings. The van der Waals surface area contributed by atoms with Gasteiger partial charge in [-0.1, -0.05) is 80.9 Å². The third kappa shape index (κ3) is 5.15. The van der Waals surface area contributed by atoms with Gasteiger partial charge in [0.05, 0.1) is 17.7 Å². The van der Waals surface area contributed by atoms with E-state index in [0.717, 1.165) is 60.9 Å². The SMILES string of the molecule is CC(C)[C@H](N)C(=O)NN1C(=O)C(CCCCc2ccccc2)c2ccccc2C2=C1C=CCC2. The van der Waals surface area contributed by atoms with E-state index in [1.807, 2.05) is 38.1 Å². The maximum absolute atomic E-state index is 14.0. The van der Waals surface area contributed by atoms with Gasteiger partial charge in [-0.2, -0.15) is 0 Å². The summed E-state index contributed by atoms with van der Waals surface area (Å²) in [6.45, 7) is 3.82. The average Bonchev–Trinajstić information content (AvgIpc) is 2.95. The van der Waals surface area contributed by atoms with E-state index in [9.17, 15) is 9.59 Å². The van der Waals surface area contributed by atoms with Crippen molar-refractivity contribution < 1.29 is 9.59 Å². The van der Waals surface area contributed by atoms with Crippen LogP contribution in [0.25, 0.3) is 5.57 Å². The van der Waals surface area contributed by atoms with Crippen molar-refractivity contribution in [3.8, 4) is 0 Å². The Hall–Kier alpha value is -3.18. The molecule has 0 aromatic heterocycles. The van der Waals surface area contributed by atoms with Gasteiger partial charge < -0.3 is 5.73 Å². The number of nitrogens with two attached hydrogens (primary N) is 1. The molecule has 0 saturated heterocycles. The van der Waals surface area contributed by atoms with Gasteiger partial charge in [0.15, 0.2) is 0 Å². The van der Waals surface area contributed by atoms with Crippen LogP contribution in [-0.2, 0) is 16.0 Å². The number of carbonyl (C=O) groups excluding carboxylic acids is 2. The fourth-order valence-corrected chi connectivity index (χ4v) is 4.82. The molecule has 0 spiro atoms. The molecule has 178 valence electrons. The maximum Gasteiger partial charge on any atom is 0.256 e. The molecule has 1 aliphatic carbocycles. The van der Waals surface area contributed by atoms with E-state index in [4.69, 9.17) is 5.73 Å². The molecule has 0 bridgehead atoms. The first kappa shape index (κ1) is 24.0. The second kappa shape index (κ2) is 10.8. The largest absolute Gasteiger partial charge is 0.320 e. The summed E-state index contributed by atoms with van der Waals surface area (Å²) in [6.07, 6.45) is 9.43. The van der Waals surface area contributed by atoms with Crippen LogP contribution in [0.3, 0.4) is 0 Å². The molecule has 3 N–H and O–H groups in total. The van der Waals surface area contributed by atoms with Crippen LogP contribution in [0.5, 0.6) is 0 Å². The van der Waals surface area contributed by atoms with Crippen molar-refractivity contribution in [1.29, 1.82) is 0 Å². The highest BCUT2D eigenvalue weighted by Gasteiger charge is 2.36. The maximum atomic E-state index is 14.0. The van der Waals surface area contributed by atoms with Gasteiger partial charge >= 0.3 is 0 Å². The molecule has 5 heteroatoms. The van der Waals surface area contributed by atoms with Crippen molar-refractivity contribution in [2.45, 2.75) is 64.3 Å². The molecule has 4 rings (SSSR count). The van der Waals surface area contributed by atoms with Gasteiger partial charge in [0.2, 0.25) is 0 Å². The number of unbranched alkanes of at least 4 members (excludes halogenated alkanes) is 1. The number of hydrazine groups is 1. The highest BCUT2D eigenvalue weighted by atomic mass is 16.2. The summed E-state index contributed by atoms with van der Waals surface area (Å²) >= 11 is 0. The number of hydrogen-bond donors (Lipinski definition) is 2. The molecule has 2 atom stereocenters. The number of rotatable bonds is 8. The number of benzene rings is 2. The van der Waals surface area contributed by atoms with E-state index in [0.29, 0.717) is 0 Å². The van der Waals surface area contributed by atoms with Crippen LogP contribution in [0, 0.1) is 5.92 Å². The lowest BCUT2D eigenvalue weighted by Crippen LogP contribution is -2.53. The number of fused-ring (bicyclic) bond motifs is 2. The number of aryl methyl sites for hydroxylation is 1. The van der Waals surface area contributed by atoms with Gasteiger partial charge in [0.1, 0.15) is 0 Å². The molecule has 0 saturated carbocycles. The molecule has 1 unspecified atom stereocenters. The lowest BCUT2D eigenvalue weighted by Gasteiger charge is -2.30. The zero-order chi connectivity index (χ0) is 24.1.